The Kier molecular flexibility index (Phi) is 4.36. The predicted molar refractivity (Wildman–Crippen MR) is 73.5 cm³/mol. The molecule has 3 heteroatoms. The highest BCUT2D eigenvalue weighted by molar-refractivity contribution is 5.13. The quantitative estimate of drug-likeness (QED) is 0.889. The molecule has 0 aliphatic carbocycles. The zero-order valence-electron chi connectivity index (χ0n) is 11.7. The molecule has 1 saturated heterocycles. The van der Waals surface area contributed by atoms with Gasteiger partial charge >= 0.3 is 0 Å². The van der Waals surface area contributed by atoms with Crippen molar-refractivity contribution in [3.05, 3.63) is 29.6 Å². The molecule has 2 atom stereocenters. The Labute approximate surface area is 110 Å². The first-order chi connectivity index (χ1) is 8.61. The van der Waals surface area contributed by atoms with E-state index < -0.39 is 0 Å². The summed E-state index contributed by atoms with van der Waals surface area (Å²) in [5.41, 5.74) is 2.38. The maximum Gasteiger partial charge on any atom is 0.0666 e. The third kappa shape index (κ3) is 3.53. The van der Waals surface area contributed by atoms with Gasteiger partial charge in [0.2, 0.25) is 0 Å². The molecule has 0 aromatic carbocycles. The number of pyridine rings is 1. The Balaban J connectivity index is 1.85. The molecule has 1 fully saturated rings. The van der Waals surface area contributed by atoms with Crippen LogP contribution in [0.5, 0.6) is 0 Å². The van der Waals surface area contributed by atoms with E-state index in [1.807, 2.05) is 13.1 Å². The second-order valence-corrected chi connectivity index (χ2v) is 5.53. The number of nitrogens with zero attached hydrogens (tertiary/aromatic N) is 1. The third-order valence-corrected chi connectivity index (χ3v) is 3.91. The molecule has 0 bridgehead atoms. The normalized spacial score (nSPS) is 28.3. The van der Waals surface area contributed by atoms with Gasteiger partial charge in [-0.1, -0.05) is 13.0 Å². The molecule has 100 valence electrons. The molecule has 18 heavy (non-hydrogen) atoms. The summed E-state index contributed by atoms with van der Waals surface area (Å²) in [6.07, 6.45) is 5.25. The van der Waals surface area contributed by atoms with Crippen molar-refractivity contribution >= 4 is 0 Å². The van der Waals surface area contributed by atoms with Crippen molar-refractivity contribution in [2.45, 2.75) is 58.2 Å². The molecular weight excluding hydrogens is 224 g/mol. The summed E-state index contributed by atoms with van der Waals surface area (Å²) in [4.78, 5) is 4.32. The van der Waals surface area contributed by atoms with Gasteiger partial charge in [0.25, 0.3) is 0 Å². The van der Waals surface area contributed by atoms with Gasteiger partial charge in [-0.2, -0.15) is 0 Å². The molecule has 0 radical (unpaired) electrons. The number of rotatable bonds is 4. The molecule has 1 aromatic rings. The second kappa shape index (κ2) is 5.81. The number of hydrogen-bond donors (Lipinski definition) is 1. The van der Waals surface area contributed by atoms with E-state index in [1.54, 1.807) is 0 Å². The van der Waals surface area contributed by atoms with E-state index in [0.717, 1.165) is 38.1 Å². The van der Waals surface area contributed by atoms with Crippen LogP contribution in [0.4, 0.5) is 0 Å². The Morgan fingerprint density at radius 2 is 2.33 bits per heavy atom. The molecule has 3 nitrogen and oxygen atoms in total. The van der Waals surface area contributed by atoms with Crippen LogP contribution in [0.2, 0.25) is 0 Å². The van der Waals surface area contributed by atoms with Crippen LogP contribution in [0.15, 0.2) is 18.3 Å². The highest BCUT2D eigenvalue weighted by Gasteiger charge is 2.31. The number of aryl methyl sites for hydroxylation is 1. The van der Waals surface area contributed by atoms with Crippen LogP contribution in [0.25, 0.3) is 0 Å². The van der Waals surface area contributed by atoms with Crippen molar-refractivity contribution in [1.82, 2.24) is 10.3 Å². The highest BCUT2D eigenvalue weighted by atomic mass is 16.5. The number of ether oxygens (including phenoxy) is 1. The van der Waals surface area contributed by atoms with E-state index in [-0.39, 0.29) is 5.60 Å². The van der Waals surface area contributed by atoms with E-state index in [1.165, 1.54) is 5.56 Å². The maximum absolute atomic E-state index is 5.86. The molecule has 1 aliphatic rings. The van der Waals surface area contributed by atoms with Crippen LogP contribution >= 0.6 is 0 Å². The average molecular weight is 248 g/mol. The lowest BCUT2D eigenvalue weighted by Crippen LogP contribution is -2.44. The van der Waals surface area contributed by atoms with Gasteiger partial charge in [0.05, 0.1) is 5.60 Å². The molecule has 0 amide bonds. The van der Waals surface area contributed by atoms with Gasteiger partial charge in [-0.05, 0) is 44.7 Å². The Hall–Kier alpha value is -0.930. The average Bonchev–Trinajstić information content (AvgIpc) is 2.38. The Morgan fingerprint density at radius 1 is 1.50 bits per heavy atom. The SMILES string of the molecule is CCC1(C)CC(NCc2ccc(C)nc2)CCO1. The molecule has 2 rings (SSSR count). The Morgan fingerprint density at radius 3 is 3.00 bits per heavy atom. The van der Waals surface area contributed by atoms with Crippen LogP contribution in [0.3, 0.4) is 0 Å². The van der Waals surface area contributed by atoms with Gasteiger partial charge in [0.15, 0.2) is 0 Å². The fourth-order valence-corrected chi connectivity index (χ4v) is 2.42. The van der Waals surface area contributed by atoms with Crippen molar-refractivity contribution in [3.63, 3.8) is 0 Å². The molecule has 0 spiro atoms. The van der Waals surface area contributed by atoms with Gasteiger partial charge < -0.3 is 10.1 Å². The highest BCUT2D eigenvalue weighted by Crippen LogP contribution is 2.27. The van der Waals surface area contributed by atoms with Crippen molar-refractivity contribution in [2.75, 3.05) is 6.61 Å². The molecule has 1 N–H and O–H groups in total. The summed E-state index contributed by atoms with van der Waals surface area (Å²) in [5, 5.41) is 3.63. The minimum absolute atomic E-state index is 0.0570. The summed E-state index contributed by atoms with van der Waals surface area (Å²) < 4.78 is 5.86. The van der Waals surface area contributed by atoms with Gasteiger partial charge in [-0.3, -0.25) is 4.98 Å². The lowest BCUT2D eigenvalue weighted by molar-refractivity contribution is -0.0781. The molecule has 2 heterocycles. The lowest BCUT2D eigenvalue weighted by Gasteiger charge is -2.38. The predicted octanol–water partition coefficient (Wildman–Crippen LogP) is 2.83. The Bertz CT molecular complexity index is 377. The largest absolute Gasteiger partial charge is 0.375 e. The molecule has 1 aromatic heterocycles. The molecule has 0 saturated carbocycles. The smallest absolute Gasteiger partial charge is 0.0666 e. The van der Waals surface area contributed by atoms with Gasteiger partial charge in [-0.15, -0.1) is 0 Å². The first kappa shape index (κ1) is 13.5. The summed E-state index contributed by atoms with van der Waals surface area (Å²) in [6.45, 7) is 8.20. The van der Waals surface area contributed by atoms with E-state index in [0.29, 0.717) is 6.04 Å². The van der Waals surface area contributed by atoms with Gasteiger partial charge in [0.1, 0.15) is 0 Å². The summed E-state index contributed by atoms with van der Waals surface area (Å²) >= 11 is 0. The monoisotopic (exact) mass is 248 g/mol. The van der Waals surface area contributed by atoms with Crippen molar-refractivity contribution in [3.8, 4) is 0 Å². The number of aromatic nitrogens is 1. The van der Waals surface area contributed by atoms with E-state index in [2.05, 4.69) is 36.3 Å². The zero-order chi connectivity index (χ0) is 13.0. The van der Waals surface area contributed by atoms with Crippen molar-refractivity contribution < 1.29 is 4.74 Å². The second-order valence-electron chi connectivity index (χ2n) is 5.53. The van der Waals surface area contributed by atoms with E-state index >= 15 is 0 Å². The molecular formula is C15H24N2O. The van der Waals surface area contributed by atoms with Crippen LogP contribution < -0.4 is 5.32 Å². The number of nitrogens with one attached hydrogen (secondary N) is 1. The summed E-state index contributed by atoms with van der Waals surface area (Å²) in [5.74, 6) is 0. The fraction of sp³-hybridized carbons (Fsp3) is 0.667. The minimum atomic E-state index is 0.0570. The van der Waals surface area contributed by atoms with Crippen molar-refractivity contribution in [2.24, 2.45) is 0 Å². The molecule has 1 aliphatic heterocycles. The number of hydrogen-bond acceptors (Lipinski definition) is 3. The first-order valence-electron chi connectivity index (χ1n) is 6.90. The van der Waals surface area contributed by atoms with E-state index in [9.17, 15) is 0 Å². The van der Waals surface area contributed by atoms with E-state index in [4.69, 9.17) is 4.74 Å². The van der Waals surface area contributed by atoms with Crippen LogP contribution in [0, 0.1) is 6.92 Å². The van der Waals surface area contributed by atoms with Crippen LogP contribution in [-0.4, -0.2) is 23.2 Å². The third-order valence-electron chi connectivity index (χ3n) is 3.91. The van der Waals surface area contributed by atoms with Gasteiger partial charge in [0, 0.05) is 31.1 Å². The summed E-state index contributed by atoms with van der Waals surface area (Å²) in [7, 11) is 0. The summed E-state index contributed by atoms with van der Waals surface area (Å²) in [6, 6.07) is 4.77. The standard InChI is InChI=1S/C15H24N2O/c1-4-15(3)9-14(7-8-18-15)17-11-13-6-5-12(2)16-10-13/h5-6,10,14,17H,4,7-9,11H2,1-3H3. The minimum Gasteiger partial charge on any atom is -0.375 e. The maximum atomic E-state index is 5.86. The fourth-order valence-electron chi connectivity index (χ4n) is 2.42. The molecule has 2 unspecified atom stereocenters. The first-order valence-corrected chi connectivity index (χ1v) is 6.90. The van der Waals surface area contributed by atoms with Crippen LogP contribution in [0.1, 0.15) is 44.4 Å². The van der Waals surface area contributed by atoms with Crippen molar-refractivity contribution in [1.29, 1.82) is 0 Å². The lowest BCUT2D eigenvalue weighted by atomic mass is 9.90. The van der Waals surface area contributed by atoms with Crippen LogP contribution in [-0.2, 0) is 11.3 Å². The topological polar surface area (TPSA) is 34.2 Å². The van der Waals surface area contributed by atoms with Gasteiger partial charge in [-0.25, -0.2) is 0 Å². The zero-order valence-corrected chi connectivity index (χ0v) is 11.7.